The van der Waals surface area contributed by atoms with Crippen molar-refractivity contribution in [1.29, 1.82) is 0 Å². The maximum Gasteiger partial charge on any atom is 0.192 e. The lowest BCUT2D eigenvalue weighted by Crippen LogP contribution is -2.38. The molecule has 0 aliphatic rings. The molecule has 1 aromatic rings. The van der Waals surface area contributed by atoms with Gasteiger partial charge in [-0.05, 0) is 12.3 Å². The normalized spacial score (nSPS) is 13.6. The highest BCUT2D eigenvalue weighted by Gasteiger charge is 2.37. The Balaban J connectivity index is 2.56. The third-order valence-corrected chi connectivity index (χ3v) is 4.39. The molecule has 2 N–H and O–H groups in total. The fourth-order valence-electron chi connectivity index (χ4n) is 3.04. The Kier molecular flexibility index (Phi) is 7.98. The van der Waals surface area contributed by atoms with E-state index < -0.39 is 5.79 Å². The number of benzene rings is 1. The van der Waals surface area contributed by atoms with Gasteiger partial charge in [-0.25, -0.2) is 0 Å². The molecule has 2 heteroatoms. The van der Waals surface area contributed by atoms with Crippen LogP contribution in [0.5, 0.6) is 0 Å². The second kappa shape index (κ2) is 9.22. The van der Waals surface area contributed by atoms with E-state index in [-0.39, 0.29) is 11.8 Å². The van der Waals surface area contributed by atoms with Gasteiger partial charge in [0.25, 0.3) is 0 Å². The summed E-state index contributed by atoms with van der Waals surface area (Å²) in [5, 5.41) is 21.2. The van der Waals surface area contributed by atoms with E-state index in [9.17, 15) is 10.2 Å². The van der Waals surface area contributed by atoms with Gasteiger partial charge in [-0.3, -0.25) is 0 Å². The lowest BCUT2D eigenvalue weighted by Gasteiger charge is -2.34. The summed E-state index contributed by atoms with van der Waals surface area (Å²) in [6.45, 7) is 6.37. The van der Waals surface area contributed by atoms with Crippen LogP contribution in [0.4, 0.5) is 0 Å². The van der Waals surface area contributed by atoms with Crippen LogP contribution in [-0.2, 0) is 5.79 Å². The Hall–Kier alpha value is -0.860. The van der Waals surface area contributed by atoms with Gasteiger partial charge < -0.3 is 10.2 Å². The highest BCUT2D eigenvalue weighted by Crippen LogP contribution is 2.35. The number of hydrogen-bond donors (Lipinski definition) is 2. The highest BCUT2D eigenvalue weighted by molar-refractivity contribution is 5.20. The number of aliphatic hydroxyl groups is 2. The van der Waals surface area contributed by atoms with Gasteiger partial charge >= 0.3 is 0 Å². The minimum atomic E-state index is -1.72. The zero-order valence-corrected chi connectivity index (χ0v) is 13.9. The summed E-state index contributed by atoms with van der Waals surface area (Å²) in [7, 11) is 0. The van der Waals surface area contributed by atoms with E-state index in [4.69, 9.17) is 0 Å². The second-order valence-corrected chi connectivity index (χ2v) is 6.50. The Bertz CT molecular complexity index is 370. The van der Waals surface area contributed by atoms with Crippen molar-refractivity contribution < 1.29 is 10.2 Å². The van der Waals surface area contributed by atoms with Gasteiger partial charge in [0, 0.05) is 11.5 Å². The van der Waals surface area contributed by atoms with E-state index in [0.717, 1.165) is 12.8 Å². The van der Waals surface area contributed by atoms with Gasteiger partial charge in [-0.1, -0.05) is 89.6 Å². The van der Waals surface area contributed by atoms with E-state index in [1.807, 2.05) is 18.2 Å². The summed E-state index contributed by atoms with van der Waals surface area (Å²) in [5.41, 5.74) is 0.606. The van der Waals surface area contributed by atoms with Crippen LogP contribution >= 0.6 is 0 Å². The minimum Gasteiger partial charge on any atom is -0.362 e. The molecule has 0 spiro atoms. The molecule has 0 heterocycles. The monoisotopic (exact) mass is 292 g/mol. The van der Waals surface area contributed by atoms with E-state index in [1.165, 1.54) is 32.1 Å². The molecule has 0 bridgehead atoms. The van der Waals surface area contributed by atoms with Crippen LogP contribution in [0.3, 0.4) is 0 Å². The number of unbranched alkanes of at least 4 members (excludes halogenated alkanes) is 5. The second-order valence-electron chi connectivity index (χ2n) is 6.50. The third-order valence-electron chi connectivity index (χ3n) is 4.39. The van der Waals surface area contributed by atoms with E-state index in [2.05, 4.69) is 20.8 Å². The van der Waals surface area contributed by atoms with Crippen LogP contribution in [0.1, 0.15) is 71.3 Å². The van der Waals surface area contributed by atoms with Gasteiger partial charge in [0.1, 0.15) is 0 Å². The number of hydrogen-bond acceptors (Lipinski definition) is 2. The van der Waals surface area contributed by atoms with Gasteiger partial charge in [-0.15, -0.1) is 0 Å². The van der Waals surface area contributed by atoms with Gasteiger partial charge in [0.2, 0.25) is 0 Å². The van der Waals surface area contributed by atoms with Crippen LogP contribution in [0, 0.1) is 11.8 Å². The molecule has 0 aliphatic carbocycles. The average Bonchev–Trinajstić information content (AvgIpc) is 2.46. The Morgan fingerprint density at radius 2 is 1.48 bits per heavy atom. The number of rotatable bonds is 10. The molecule has 120 valence electrons. The lowest BCUT2D eigenvalue weighted by molar-refractivity contribution is -0.222. The molecule has 2 nitrogen and oxygen atoms in total. The smallest absolute Gasteiger partial charge is 0.192 e. The summed E-state index contributed by atoms with van der Waals surface area (Å²) in [5.74, 6) is -1.60. The van der Waals surface area contributed by atoms with Crippen molar-refractivity contribution >= 4 is 0 Å². The molecular weight excluding hydrogens is 260 g/mol. The van der Waals surface area contributed by atoms with Crippen molar-refractivity contribution in [2.75, 3.05) is 0 Å². The van der Waals surface area contributed by atoms with Crippen molar-refractivity contribution in [1.82, 2.24) is 0 Å². The average molecular weight is 292 g/mol. The van der Waals surface area contributed by atoms with Crippen LogP contribution < -0.4 is 0 Å². The van der Waals surface area contributed by atoms with Crippen molar-refractivity contribution in [2.24, 2.45) is 11.8 Å². The largest absolute Gasteiger partial charge is 0.362 e. The van der Waals surface area contributed by atoms with E-state index >= 15 is 0 Å². The summed E-state index contributed by atoms with van der Waals surface area (Å²) in [6.07, 6.45) is 8.25. The van der Waals surface area contributed by atoms with Crippen LogP contribution in [0.15, 0.2) is 30.3 Å². The van der Waals surface area contributed by atoms with Gasteiger partial charge in [0.15, 0.2) is 5.79 Å². The van der Waals surface area contributed by atoms with Crippen LogP contribution in [0.2, 0.25) is 0 Å². The zero-order chi connectivity index (χ0) is 15.7. The molecule has 0 radical (unpaired) electrons. The molecule has 0 amide bonds. The maximum atomic E-state index is 10.6. The molecular formula is C19H32O2. The molecule has 0 saturated carbocycles. The minimum absolute atomic E-state index is 0.119. The van der Waals surface area contributed by atoms with Crippen LogP contribution in [0.25, 0.3) is 0 Å². The summed E-state index contributed by atoms with van der Waals surface area (Å²) in [4.78, 5) is 0. The predicted molar refractivity (Wildman–Crippen MR) is 88.9 cm³/mol. The van der Waals surface area contributed by atoms with Crippen molar-refractivity contribution in [3.8, 4) is 0 Å². The molecule has 1 rings (SSSR count). The van der Waals surface area contributed by atoms with E-state index in [1.54, 1.807) is 12.1 Å². The van der Waals surface area contributed by atoms with Crippen LogP contribution in [-0.4, -0.2) is 10.2 Å². The SMILES string of the molecule is CCCCCCCCC(C(C)C)C(O)(O)c1ccccc1. The quantitative estimate of drug-likeness (QED) is 0.478. The first kappa shape index (κ1) is 18.2. The Morgan fingerprint density at radius 3 is 2.05 bits per heavy atom. The summed E-state index contributed by atoms with van der Waals surface area (Å²) >= 11 is 0. The van der Waals surface area contributed by atoms with Crippen molar-refractivity contribution in [3.05, 3.63) is 35.9 Å². The third kappa shape index (κ3) is 5.80. The topological polar surface area (TPSA) is 40.5 Å². The molecule has 0 saturated heterocycles. The van der Waals surface area contributed by atoms with Gasteiger partial charge in [0.05, 0.1) is 0 Å². The fraction of sp³-hybridized carbons (Fsp3) is 0.684. The first-order valence-corrected chi connectivity index (χ1v) is 8.50. The Morgan fingerprint density at radius 1 is 0.905 bits per heavy atom. The molecule has 1 aromatic carbocycles. The zero-order valence-electron chi connectivity index (χ0n) is 13.9. The summed E-state index contributed by atoms with van der Waals surface area (Å²) in [6, 6.07) is 9.22. The first-order chi connectivity index (χ1) is 10.00. The molecule has 0 fully saturated rings. The molecule has 1 atom stereocenters. The predicted octanol–water partition coefficient (Wildman–Crippen LogP) is 4.85. The van der Waals surface area contributed by atoms with Gasteiger partial charge in [-0.2, -0.15) is 0 Å². The fourth-order valence-corrected chi connectivity index (χ4v) is 3.04. The molecule has 21 heavy (non-hydrogen) atoms. The molecule has 0 aromatic heterocycles. The van der Waals surface area contributed by atoms with Crippen molar-refractivity contribution in [2.45, 2.75) is 71.5 Å². The maximum absolute atomic E-state index is 10.6. The standard InChI is InChI=1S/C19H32O2/c1-4-5-6-7-8-12-15-18(16(2)3)19(20,21)17-13-10-9-11-14-17/h9-11,13-14,16,18,20-21H,4-8,12,15H2,1-3H3. The summed E-state index contributed by atoms with van der Waals surface area (Å²) < 4.78 is 0. The lowest BCUT2D eigenvalue weighted by atomic mass is 9.80. The molecule has 1 unspecified atom stereocenters. The highest BCUT2D eigenvalue weighted by atomic mass is 16.5. The Labute approximate surface area is 130 Å². The van der Waals surface area contributed by atoms with Crippen molar-refractivity contribution in [3.63, 3.8) is 0 Å². The van der Waals surface area contributed by atoms with E-state index in [0.29, 0.717) is 5.56 Å². The molecule has 0 aliphatic heterocycles. The first-order valence-electron chi connectivity index (χ1n) is 8.50.